The molecule has 5 atom stereocenters. The van der Waals surface area contributed by atoms with E-state index in [1.807, 2.05) is 20.0 Å². The summed E-state index contributed by atoms with van der Waals surface area (Å²) in [5.74, 6) is -2.50. The minimum atomic E-state index is -2.33. The van der Waals surface area contributed by atoms with Crippen molar-refractivity contribution < 1.29 is 56.8 Å². The Balaban J connectivity index is 3.52. The first kappa shape index (κ1) is 34.0. The molecule has 1 aliphatic rings. The summed E-state index contributed by atoms with van der Waals surface area (Å²) in [5, 5.41) is -0.139. The van der Waals surface area contributed by atoms with E-state index in [2.05, 4.69) is 20.8 Å². The highest BCUT2D eigenvalue weighted by Crippen LogP contribution is 2.38. The van der Waals surface area contributed by atoms with Crippen molar-refractivity contribution in [1.82, 2.24) is 0 Å². The highest BCUT2D eigenvalue weighted by molar-refractivity contribution is 6.74. The van der Waals surface area contributed by atoms with E-state index in [1.165, 1.54) is 19.4 Å². The number of carbonyl (C=O) groups is 4. The number of ether oxygens (including phenoxy) is 7. The van der Waals surface area contributed by atoms with Gasteiger partial charge in [0.1, 0.15) is 24.7 Å². The molecule has 0 N–H and O–H groups in total. The van der Waals surface area contributed by atoms with Crippen molar-refractivity contribution >= 4 is 32.2 Å². The van der Waals surface area contributed by atoms with Crippen molar-refractivity contribution in [2.75, 3.05) is 13.2 Å². The lowest BCUT2D eigenvalue weighted by Gasteiger charge is -2.43. The zero-order valence-corrected chi connectivity index (χ0v) is 25.4. The number of hydrogen-bond acceptors (Lipinski definition) is 12. The third kappa shape index (κ3) is 11.3. The molecule has 0 amide bonds. The lowest BCUT2D eigenvalue weighted by atomic mass is 9.98. The number of carbonyl (C=O) groups excluding carboxylic acids is 4. The molecule has 39 heavy (non-hydrogen) atoms. The molecule has 0 aliphatic carbocycles. The van der Waals surface area contributed by atoms with Gasteiger partial charge in [-0.15, -0.1) is 0 Å². The molecule has 0 spiro atoms. The maximum absolute atomic E-state index is 12.0. The largest absolute Gasteiger partial charge is 0.541 e. The van der Waals surface area contributed by atoms with Crippen LogP contribution in [0.5, 0.6) is 0 Å². The van der Waals surface area contributed by atoms with E-state index in [9.17, 15) is 19.2 Å². The molecule has 1 aliphatic heterocycles. The average Bonchev–Trinajstić information content (AvgIpc) is 2.77. The molecule has 1 rings (SSSR count). The lowest BCUT2D eigenvalue weighted by Crippen LogP contribution is -2.62. The maximum atomic E-state index is 12.0. The fraction of sp³-hybridized carbons (Fsp3) is 0.692. The van der Waals surface area contributed by atoms with Gasteiger partial charge >= 0.3 is 23.9 Å². The molecular formula is C26H42O12Si. The summed E-state index contributed by atoms with van der Waals surface area (Å²) in [5.41, 5.74) is 0. The number of esters is 4. The Morgan fingerprint density at radius 1 is 0.846 bits per heavy atom. The summed E-state index contributed by atoms with van der Waals surface area (Å²) >= 11 is 0. The van der Waals surface area contributed by atoms with Gasteiger partial charge in [0.15, 0.2) is 12.2 Å². The SMILES string of the molecule is CCO/C=C/C(=C/O[C@@H]1O[C@H](COC(C)=O)[C@@H](OC(C)=O)[C@H](OC(C)=O)[C@H]1OC(C)=O)O[Si](C)(C)C(C)(C)C. The summed E-state index contributed by atoms with van der Waals surface area (Å²) in [7, 11) is -2.33. The van der Waals surface area contributed by atoms with Gasteiger partial charge in [-0.2, -0.15) is 0 Å². The first-order chi connectivity index (χ1) is 18.0. The predicted octanol–water partition coefficient (Wildman–Crippen LogP) is 3.50. The zero-order chi connectivity index (χ0) is 30.0. The Labute approximate surface area is 231 Å². The quantitative estimate of drug-likeness (QED) is 0.111. The average molecular weight is 575 g/mol. The van der Waals surface area contributed by atoms with Crippen LogP contribution in [0.1, 0.15) is 55.4 Å². The van der Waals surface area contributed by atoms with Crippen LogP contribution in [0.15, 0.2) is 24.4 Å². The number of hydrogen-bond donors (Lipinski definition) is 0. The third-order valence-corrected chi connectivity index (χ3v) is 10.3. The molecule has 1 saturated heterocycles. The summed E-state index contributed by atoms with van der Waals surface area (Å²) in [6.07, 6.45) is -2.17. The molecule has 222 valence electrons. The van der Waals surface area contributed by atoms with E-state index in [0.717, 1.165) is 20.8 Å². The van der Waals surface area contributed by atoms with E-state index in [4.69, 9.17) is 37.6 Å². The third-order valence-electron chi connectivity index (χ3n) is 5.94. The molecule has 0 bridgehead atoms. The van der Waals surface area contributed by atoms with Crippen LogP contribution in [0, 0.1) is 0 Å². The minimum Gasteiger partial charge on any atom is -0.541 e. The van der Waals surface area contributed by atoms with Crippen LogP contribution >= 0.6 is 0 Å². The Bertz CT molecular complexity index is 920. The van der Waals surface area contributed by atoms with Crippen LogP contribution in [-0.2, 0) is 56.8 Å². The first-order valence-corrected chi connectivity index (χ1v) is 15.5. The molecule has 12 nitrogen and oxygen atoms in total. The topological polar surface area (TPSA) is 142 Å². The maximum Gasteiger partial charge on any atom is 0.303 e. The Morgan fingerprint density at radius 2 is 1.38 bits per heavy atom. The fourth-order valence-electron chi connectivity index (χ4n) is 3.19. The molecule has 1 heterocycles. The summed E-state index contributed by atoms with van der Waals surface area (Å²) in [6.45, 7) is 16.9. The van der Waals surface area contributed by atoms with Crippen molar-refractivity contribution in [1.29, 1.82) is 0 Å². The molecule has 1 fully saturated rings. The van der Waals surface area contributed by atoms with Crippen LogP contribution in [0.4, 0.5) is 0 Å². The highest BCUT2D eigenvalue weighted by Gasteiger charge is 2.53. The van der Waals surface area contributed by atoms with E-state index >= 15 is 0 Å². The van der Waals surface area contributed by atoms with Crippen LogP contribution in [0.2, 0.25) is 18.1 Å². The summed E-state index contributed by atoms with van der Waals surface area (Å²) in [4.78, 5) is 47.4. The Morgan fingerprint density at radius 3 is 1.87 bits per heavy atom. The predicted molar refractivity (Wildman–Crippen MR) is 140 cm³/mol. The minimum absolute atomic E-state index is 0.139. The molecule has 0 saturated carbocycles. The normalized spacial score (nSPS) is 23.9. The van der Waals surface area contributed by atoms with Crippen molar-refractivity contribution in [3.8, 4) is 0 Å². The lowest BCUT2D eigenvalue weighted by molar-refractivity contribution is -0.297. The van der Waals surface area contributed by atoms with Crippen LogP contribution < -0.4 is 0 Å². The molecule has 0 aromatic rings. The smallest absolute Gasteiger partial charge is 0.303 e. The fourth-order valence-corrected chi connectivity index (χ4v) is 4.20. The van der Waals surface area contributed by atoms with Gasteiger partial charge in [-0.05, 0) is 25.1 Å². The van der Waals surface area contributed by atoms with Gasteiger partial charge in [-0.25, -0.2) is 0 Å². The van der Waals surface area contributed by atoms with Gasteiger partial charge in [0.25, 0.3) is 8.32 Å². The van der Waals surface area contributed by atoms with Gasteiger partial charge in [0, 0.05) is 33.8 Å². The van der Waals surface area contributed by atoms with Gasteiger partial charge in [0.2, 0.25) is 12.4 Å². The van der Waals surface area contributed by atoms with Crippen molar-refractivity contribution in [2.45, 2.75) is 104 Å². The van der Waals surface area contributed by atoms with E-state index < -0.39 is 62.9 Å². The molecule has 0 unspecified atom stereocenters. The Hall–Kier alpha value is -3.06. The monoisotopic (exact) mass is 574 g/mol. The molecule has 0 aromatic carbocycles. The standard InChI is InChI=1S/C26H42O12Si/c1-11-31-13-12-20(38-39(9,10)26(6,7)8)14-33-25-24(36-19(5)30)23(35-18(4)29)22(34-17(3)28)21(37-25)15-32-16(2)27/h12-14,21-25H,11,15H2,1-10H3/b13-12+,20-14-/t21-,22-,23+,24-,25-/m1/s1. The van der Waals surface area contributed by atoms with Crippen molar-refractivity contribution in [3.05, 3.63) is 24.4 Å². The van der Waals surface area contributed by atoms with Crippen LogP contribution in [-0.4, -0.2) is 76.1 Å². The second-order valence-electron chi connectivity index (χ2n) is 10.3. The summed E-state index contributed by atoms with van der Waals surface area (Å²) < 4.78 is 44.8. The van der Waals surface area contributed by atoms with Crippen LogP contribution in [0.25, 0.3) is 0 Å². The van der Waals surface area contributed by atoms with E-state index in [1.54, 1.807) is 6.08 Å². The molecule has 13 heteroatoms. The van der Waals surface area contributed by atoms with Gasteiger partial charge < -0.3 is 37.6 Å². The van der Waals surface area contributed by atoms with Crippen LogP contribution in [0.3, 0.4) is 0 Å². The summed E-state index contributed by atoms with van der Waals surface area (Å²) in [6, 6.07) is 0. The molecule has 0 radical (unpaired) electrons. The second kappa shape index (κ2) is 14.9. The number of rotatable bonds is 12. The zero-order valence-electron chi connectivity index (χ0n) is 24.4. The van der Waals surface area contributed by atoms with Gasteiger partial charge in [0.05, 0.1) is 12.9 Å². The number of allylic oxidation sites excluding steroid dienone is 1. The molecular weight excluding hydrogens is 532 g/mol. The highest BCUT2D eigenvalue weighted by atomic mass is 28.4. The van der Waals surface area contributed by atoms with Crippen molar-refractivity contribution in [3.63, 3.8) is 0 Å². The Kier molecular flexibility index (Phi) is 13.0. The van der Waals surface area contributed by atoms with Gasteiger partial charge in [-0.3, -0.25) is 19.2 Å². The second-order valence-corrected chi connectivity index (χ2v) is 15.1. The molecule has 0 aromatic heterocycles. The van der Waals surface area contributed by atoms with Crippen molar-refractivity contribution in [2.24, 2.45) is 0 Å². The van der Waals surface area contributed by atoms with E-state index in [-0.39, 0.29) is 11.6 Å². The van der Waals surface area contributed by atoms with E-state index in [0.29, 0.717) is 12.4 Å². The first-order valence-electron chi connectivity index (χ1n) is 12.6. The van der Waals surface area contributed by atoms with Gasteiger partial charge in [-0.1, -0.05) is 20.8 Å².